The first-order valence-corrected chi connectivity index (χ1v) is 8.34. The summed E-state index contributed by atoms with van der Waals surface area (Å²) in [6, 6.07) is 5.80. The molecule has 0 fully saturated rings. The largest absolute Gasteiger partial charge is 0.451 e. The minimum Gasteiger partial charge on any atom is -0.325 e. The highest BCUT2D eigenvalue weighted by atomic mass is 32.2. The lowest BCUT2D eigenvalue weighted by molar-refractivity contribution is -0.147. The Bertz CT molecular complexity index is 773. The Morgan fingerprint density at radius 3 is 2.75 bits per heavy atom. The smallest absolute Gasteiger partial charge is 0.325 e. The summed E-state index contributed by atoms with van der Waals surface area (Å²) in [6.45, 7) is 0. The van der Waals surface area contributed by atoms with E-state index in [1.54, 1.807) is 0 Å². The van der Waals surface area contributed by atoms with Gasteiger partial charge in [0, 0.05) is 12.7 Å². The minimum atomic E-state index is -4.56. The number of hydrogen-bond donors (Lipinski definition) is 1. The molecule has 0 saturated carbocycles. The average molecular weight is 356 g/mol. The van der Waals surface area contributed by atoms with E-state index >= 15 is 0 Å². The Kier molecular flexibility index (Phi) is 4.53. The normalized spacial score (nSPS) is 13.8. The van der Waals surface area contributed by atoms with Crippen LogP contribution in [-0.4, -0.2) is 26.4 Å². The van der Waals surface area contributed by atoms with Crippen LogP contribution in [0.25, 0.3) is 0 Å². The number of amides is 1. The summed E-state index contributed by atoms with van der Waals surface area (Å²) in [4.78, 5) is 12.0. The molecule has 5 nitrogen and oxygen atoms in total. The van der Waals surface area contributed by atoms with Gasteiger partial charge in [0.25, 0.3) is 0 Å². The van der Waals surface area contributed by atoms with Gasteiger partial charge in [-0.1, -0.05) is 17.8 Å². The van der Waals surface area contributed by atoms with Crippen LogP contribution in [0.2, 0.25) is 0 Å². The van der Waals surface area contributed by atoms with Crippen molar-refractivity contribution in [3.8, 4) is 0 Å². The van der Waals surface area contributed by atoms with Crippen LogP contribution < -0.4 is 5.32 Å². The second-order valence-corrected chi connectivity index (χ2v) is 6.48. The first kappa shape index (κ1) is 16.8. The van der Waals surface area contributed by atoms with Crippen molar-refractivity contribution in [2.24, 2.45) is 7.05 Å². The molecule has 9 heteroatoms. The van der Waals surface area contributed by atoms with E-state index < -0.39 is 12.0 Å². The molecule has 1 amide bonds. The van der Waals surface area contributed by atoms with Gasteiger partial charge in [-0.05, 0) is 42.5 Å². The Morgan fingerprint density at radius 1 is 1.29 bits per heavy atom. The summed E-state index contributed by atoms with van der Waals surface area (Å²) in [5.74, 6) is -1.42. The number of hydrogen-bond acceptors (Lipinski definition) is 4. The zero-order chi connectivity index (χ0) is 17.3. The molecule has 1 aromatic carbocycles. The van der Waals surface area contributed by atoms with Crippen LogP contribution in [0, 0.1) is 0 Å². The Labute approximate surface area is 140 Å². The Morgan fingerprint density at radius 2 is 2.04 bits per heavy atom. The summed E-state index contributed by atoms with van der Waals surface area (Å²) < 4.78 is 38.8. The molecule has 24 heavy (non-hydrogen) atoms. The molecule has 1 heterocycles. The molecule has 128 valence electrons. The van der Waals surface area contributed by atoms with Crippen molar-refractivity contribution >= 4 is 23.4 Å². The second-order valence-electron chi connectivity index (χ2n) is 5.54. The fourth-order valence-corrected chi connectivity index (χ4v) is 3.38. The van der Waals surface area contributed by atoms with Crippen LogP contribution in [0.15, 0.2) is 23.4 Å². The third kappa shape index (κ3) is 3.55. The molecule has 1 aliphatic rings. The number of thioether (sulfide) groups is 1. The molecule has 0 radical (unpaired) electrons. The van der Waals surface area contributed by atoms with Crippen molar-refractivity contribution in [2.45, 2.75) is 30.6 Å². The van der Waals surface area contributed by atoms with Gasteiger partial charge < -0.3 is 9.88 Å². The Balaban J connectivity index is 1.59. The predicted molar refractivity (Wildman–Crippen MR) is 83.8 cm³/mol. The summed E-state index contributed by atoms with van der Waals surface area (Å²) in [7, 11) is 1.23. The van der Waals surface area contributed by atoms with Crippen molar-refractivity contribution in [1.29, 1.82) is 0 Å². The van der Waals surface area contributed by atoms with E-state index in [0.717, 1.165) is 35.6 Å². The zero-order valence-electron chi connectivity index (χ0n) is 12.9. The van der Waals surface area contributed by atoms with Crippen LogP contribution in [0.3, 0.4) is 0 Å². The number of fused-ring (bicyclic) bond motifs is 1. The van der Waals surface area contributed by atoms with E-state index in [0.29, 0.717) is 5.69 Å². The number of anilines is 1. The molecule has 1 aromatic heterocycles. The van der Waals surface area contributed by atoms with E-state index in [1.807, 2.05) is 18.2 Å². The molecule has 0 unspecified atom stereocenters. The van der Waals surface area contributed by atoms with Crippen molar-refractivity contribution in [3.05, 3.63) is 35.2 Å². The number of halogens is 3. The molecule has 1 aliphatic carbocycles. The van der Waals surface area contributed by atoms with Gasteiger partial charge in [0.2, 0.25) is 11.7 Å². The van der Waals surface area contributed by atoms with Gasteiger partial charge >= 0.3 is 6.18 Å². The van der Waals surface area contributed by atoms with Crippen molar-refractivity contribution in [1.82, 2.24) is 14.8 Å². The second kappa shape index (κ2) is 6.46. The molecule has 0 saturated heterocycles. The van der Waals surface area contributed by atoms with Gasteiger partial charge in [0.15, 0.2) is 5.16 Å². The molecule has 0 atom stereocenters. The molecular weight excluding hydrogens is 341 g/mol. The number of aromatic nitrogens is 3. The maximum Gasteiger partial charge on any atom is 0.451 e. The van der Waals surface area contributed by atoms with E-state index in [1.165, 1.54) is 18.2 Å². The maximum atomic E-state index is 12.6. The molecule has 0 aliphatic heterocycles. The van der Waals surface area contributed by atoms with Gasteiger partial charge in [0.05, 0.1) is 5.75 Å². The number of aryl methyl sites for hydroxylation is 2. The number of nitrogens with zero attached hydrogens (tertiary/aromatic N) is 3. The van der Waals surface area contributed by atoms with Gasteiger partial charge in [-0.15, -0.1) is 10.2 Å². The van der Waals surface area contributed by atoms with Gasteiger partial charge in [-0.2, -0.15) is 13.2 Å². The molecule has 0 bridgehead atoms. The molecule has 2 aromatic rings. The Hall–Kier alpha value is -2.03. The predicted octanol–water partition coefficient (Wildman–Crippen LogP) is 3.05. The monoisotopic (exact) mass is 356 g/mol. The molecular formula is C15H15F3N4OS. The average Bonchev–Trinajstić information content (AvgIpc) is 3.10. The number of carbonyl (C=O) groups is 1. The number of rotatable bonds is 4. The third-order valence-electron chi connectivity index (χ3n) is 3.80. The quantitative estimate of drug-likeness (QED) is 0.856. The standard InChI is InChI=1S/C15H15F3N4OS/c1-22-13(15(16,17)18)20-21-14(22)24-8-12(23)19-11-6-5-9-3-2-4-10(9)7-11/h5-7H,2-4,8H2,1H3,(H,19,23). The van der Waals surface area contributed by atoms with E-state index in [9.17, 15) is 18.0 Å². The lowest BCUT2D eigenvalue weighted by atomic mass is 10.1. The van der Waals surface area contributed by atoms with Crippen molar-refractivity contribution in [3.63, 3.8) is 0 Å². The van der Waals surface area contributed by atoms with Crippen LogP contribution in [0.1, 0.15) is 23.4 Å². The fraction of sp³-hybridized carbons (Fsp3) is 0.400. The molecule has 3 rings (SSSR count). The van der Waals surface area contributed by atoms with E-state index in [-0.39, 0.29) is 16.8 Å². The highest BCUT2D eigenvalue weighted by Gasteiger charge is 2.37. The molecule has 1 N–H and O–H groups in total. The SMILES string of the molecule is Cn1c(SCC(=O)Nc2ccc3c(c2)CCC3)nnc1C(F)(F)F. The lowest BCUT2D eigenvalue weighted by Crippen LogP contribution is -2.15. The highest BCUT2D eigenvalue weighted by molar-refractivity contribution is 7.99. The summed E-state index contributed by atoms with van der Waals surface area (Å²) >= 11 is 0.914. The van der Waals surface area contributed by atoms with Crippen LogP contribution in [0.5, 0.6) is 0 Å². The lowest BCUT2D eigenvalue weighted by Gasteiger charge is -2.08. The zero-order valence-corrected chi connectivity index (χ0v) is 13.7. The highest BCUT2D eigenvalue weighted by Crippen LogP contribution is 2.29. The van der Waals surface area contributed by atoms with Crippen LogP contribution in [0.4, 0.5) is 18.9 Å². The summed E-state index contributed by atoms with van der Waals surface area (Å²) in [5.41, 5.74) is 3.25. The summed E-state index contributed by atoms with van der Waals surface area (Å²) in [6.07, 6.45) is -1.37. The van der Waals surface area contributed by atoms with Gasteiger partial charge in [-0.25, -0.2) is 0 Å². The van der Waals surface area contributed by atoms with E-state index in [2.05, 4.69) is 15.5 Å². The van der Waals surface area contributed by atoms with Gasteiger partial charge in [-0.3, -0.25) is 4.79 Å². The first-order chi connectivity index (χ1) is 11.3. The van der Waals surface area contributed by atoms with Crippen molar-refractivity contribution in [2.75, 3.05) is 11.1 Å². The minimum absolute atomic E-state index is 0.0408. The topological polar surface area (TPSA) is 59.8 Å². The number of carbonyl (C=O) groups excluding carboxylic acids is 1. The van der Waals surface area contributed by atoms with E-state index in [4.69, 9.17) is 0 Å². The maximum absolute atomic E-state index is 12.6. The van der Waals surface area contributed by atoms with Gasteiger partial charge in [0.1, 0.15) is 0 Å². The van der Waals surface area contributed by atoms with Crippen LogP contribution >= 0.6 is 11.8 Å². The fourth-order valence-electron chi connectivity index (χ4n) is 2.66. The van der Waals surface area contributed by atoms with Crippen molar-refractivity contribution < 1.29 is 18.0 Å². The summed E-state index contributed by atoms with van der Waals surface area (Å²) in [5, 5.41) is 9.41. The van der Waals surface area contributed by atoms with Crippen LogP contribution in [-0.2, 0) is 30.9 Å². The number of alkyl halides is 3. The first-order valence-electron chi connectivity index (χ1n) is 7.35. The number of nitrogens with one attached hydrogen (secondary N) is 1. The molecule has 0 spiro atoms. The third-order valence-corrected chi connectivity index (χ3v) is 4.82. The number of benzene rings is 1.